The molecule has 4 nitrogen and oxygen atoms in total. The second kappa shape index (κ2) is 8.02. The SMILES string of the molecule is CC(=O)NC1CCC(N(C)Cc2cccc3c2NCC3)CC1.Cl. The van der Waals surface area contributed by atoms with Crippen LogP contribution in [-0.4, -0.2) is 36.5 Å². The number of nitrogens with one attached hydrogen (secondary N) is 2. The number of para-hydroxylation sites is 1. The second-order valence-corrected chi connectivity index (χ2v) is 6.75. The average Bonchev–Trinajstić information content (AvgIpc) is 2.97. The summed E-state index contributed by atoms with van der Waals surface area (Å²) in [6.07, 6.45) is 5.68. The number of hydrogen-bond donors (Lipinski definition) is 2. The fraction of sp³-hybridized carbons (Fsp3) is 0.611. The van der Waals surface area contributed by atoms with Crippen LogP contribution in [0.2, 0.25) is 0 Å². The van der Waals surface area contributed by atoms with Gasteiger partial charge in [0.05, 0.1) is 0 Å². The zero-order chi connectivity index (χ0) is 15.5. The van der Waals surface area contributed by atoms with E-state index in [4.69, 9.17) is 0 Å². The predicted molar refractivity (Wildman–Crippen MR) is 97.2 cm³/mol. The van der Waals surface area contributed by atoms with E-state index in [1.54, 1.807) is 6.92 Å². The Balaban J connectivity index is 0.00000192. The van der Waals surface area contributed by atoms with E-state index in [9.17, 15) is 4.79 Å². The normalized spacial score (nSPS) is 22.9. The number of rotatable bonds is 4. The number of fused-ring (bicyclic) bond motifs is 1. The molecule has 23 heavy (non-hydrogen) atoms. The van der Waals surface area contributed by atoms with E-state index in [-0.39, 0.29) is 18.3 Å². The van der Waals surface area contributed by atoms with Crippen LogP contribution in [0.5, 0.6) is 0 Å². The van der Waals surface area contributed by atoms with Gasteiger partial charge in [0.15, 0.2) is 0 Å². The standard InChI is InChI=1S/C18H27N3O.ClH/c1-13(22)20-16-6-8-17(9-7-16)21(2)12-15-5-3-4-14-10-11-19-18(14)15;/h3-5,16-17,19H,6-12H2,1-2H3,(H,20,22);1H. The molecule has 128 valence electrons. The van der Waals surface area contributed by atoms with Gasteiger partial charge in [-0.1, -0.05) is 18.2 Å². The topological polar surface area (TPSA) is 44.4 Å². The maximum absolute atomic E-state index is 11.1. The Labute approximate surface area is 145 Å². The molecule has 1 heterocycles. The highest BCUT2D eigenvalue weighted by molar-refractivity contribution is 5.85. The molecule has 1 fully saturated rings. The molecule has 1 aromatic carbocycles. The maximum Gasteiger partial charge on any atom is 0.217 e. The molecule has 0 bridgehead atoms. The Morgan fingerprint density at radius 3 is 2.74 bits per heavy atom. The van der Waals surface area contributed by atoms with E-state index < -0.39 is 0 Å². The van der Waals surface area contributed by atoms with Crippen molar-refractivity contribution >= 4 is 24.0 Å². The zero-order valence-electron chi connectivity index (χ0n) is 14.1. The number of anilines is 1. The van der Waals surface area contributed by atoms with Gasteiger partial charge in [0.2, 0.25) is 5.91 Å². The fourth-order valence-corrected chi connectivity index (χ4v) is 3.89. The molecule has 1 aliphatic carbocycles. The van der Waals surface area contributed by atoms with Gasteiger partial charge < -0.3 is 10.6 Å². The minimum Gasteiger partial charge on any atom is -0.384 e. The lowest BCUT2D eigenvalue weighted by Crippen LogP contribution is -2.42. The van der Waals surface area contributed by atoms with Crippen molar-refractivity contribution in [3.05, 3.63) is 29.3 Å². The number of halogens is 1. The Morgan fingerprint density at radius 2 is 2.04 bits per heavy atom. The number of hydrogen-bond acceptors (Lipinski definition) is 3. The first-order chi connectivity index (χ1) is 10.6. The molecule has 1 saturated carbocycles. The zero-order valence-corrected chi connectivity index (χ0v) is 14.9. The van der Waals surface area contributed by atoms with E-state index in [1.165, 1.54) is 29.7 Å². The molecular formula is C18H28ClN3O. The summed E-state index contributed by atoms with van der Waals surface area (Å²) in [4.78, 5) is 13.6. The molecule has 0 saturated heterocycles. The molecular weight excluding hydrogens is 310 g/mol. The summed E-state index contributed by atoms with van der Waals surface area (Å²) in [5.74, 6) is 0.0997. The van der Waals surface area contributed by atoms with Gasteiger partial charge in [-0.2, -0.15) is 0 Å². The third-order valence-electron chi connectivity index (χ3n) is 5.08. The average molecular weight is 338 g/mol. The highest BCUT2D eigenvalue weighted by atomic mass is 35.5. The number of carbonyl (C=O) groups is 1. The van der Waals surface area contributed by atoms with Gasteiger partial charge in [-0.3, -0.25) is 9.69 Å². The van der Waals surface area contributed by atoms with E-state index in [1.807, 2.05) is 0 Å². The van der Waals surface area contributed by atoms with E-state index in [0.29, 0.717) is 12.1 Å². The second-order valence-electron chi connectivity index (χ2n) is 6.75. The summed E-state index contributed by atoms with van der Waals surface area (Å²) in [7, 11) is 2.23. The van der Waals surface area contributed by atoms with Gasteiger partial charge in [0.25, 0.3) is 0 Å². The molecule has 1 amide bonds. The van der Waals surface area contributed by atoms with Gasteiger partial charge >= 0.3 is 0 Å². The number of benzene rings is 1. The number of nitrogens with zero attached hydrogens (tertiary/aromatic N) is 1. The van der Waals surface area contributed by atoms with Crippen LogP contribution in [0, 0.1) is 0 Å². The van der Waals surface area contributed by atoms with Crippen LogP contribution in [0.3, 0.4) is 0 Å². The first kappa shape index (κ1) is 18.1. The quantitative estimate of drug-likeness (QED) is 0.887. The molecule has 0 unspecified atom stereocenters. The first-order valence-corrected chi connectivity index (χ1v) is 8.45. The van der Waals surface area contributed by atoms with Crippen molar-refractivity contribution in [3.63, 3.8) is 0 Å². The van der Waals surface area contributed by atoms with Gasteiger partial charge in [-0.15, -0.1) is 12.4 Å². The maximum atomic E-state index is 11.1. The molecule has 2 aliphatic rings. The third kappa shape index (κ3) is 4.39. The van der Waals surface area contributed by atoms with Crippen molar-refractivity contribution in [3.8, 4) is 0 Å². The molecule has 1 aromatic rings. The van der Waals surface area contributed by atoms with Gasteiger partial charge in [0, 0.05) is 37.8 Å². The molecule has 0 atom stereocenters. The van der Waals surface area contributed by atoms with Crippen LogP contribution in [0.25, 0.3) is 0 Å². The van der Waals surface area contributed by atoms with Crippen LogP contribution in [0.1, 0.15) is 43.7 Å². The van der Waals surface area contributed by atoms with Crippen molar-refractivity contribution in [2.75, 3.05) is 18.9 Å². The van der Waals surface area contributed by atoms with Crippen molar-refractivity contribution < 1.29 is 4.79 Å². The summed E-state index contributed by atoms with van der Waals surface area (Å²) >= 11 is 0. The van der Waals surface area contributed by atoms with Crippen LogP contribution in [0.4, 0.5) is 5.69 Å². The van der Waals surface area contributed by atoms with Crippen molar-refractivity contribution in [2.45, 2.75) is 57.7 Å². The third-order valence-corrected chi connectivity index (χ3v) is 5.08. The summed E-state index contributed by atoms with van der Waals surface area (Å²) in [6, 6.07) is 7.67. The summed E-state index contributed by atoms with van der Waals surface area (Å²) in [6.45, 7) is 3.69. The lowest BCUT2D eigenvalue weighted by molar-refractivity contribution is -0.119. The molecule has 0 aromatic heterocycles. The molecule has 1 aliphatic heterocycles. The molecule has 5 heteroatoms. The Kier molecular flexibility index (Phi) is 6.31. The predicted octanol–water partition coefficient (Wildman–Crippen LogP) is 2.96. The van der Waals surface area contributed by atoms with Gasteiger partial charge in [-0.05, 0) is 50.3 Å². The molecule has 0 radical (unpaired) electrons. The Bertz CT molecular complexity index is 541. The molecule has 2 N–H and O–H groups in total. The summed E-state index contributed by atoms with van der Waals surface area (Å²) < 4.78 is 0. The molecule has 0 spiro atoms. The minimum atomic E-state index is 0. The van der Waals surface area contributed by atoms with Crippen LogP contribution in [-0.2, 0) is 17.8 Å². The van der Waals surface area contributed by atoms with Gasteiger partial charge in [-0.25, -0.2) is 0 Å². The highest BCUT2D eigenvalue weighted by Gasteiger charge is 2.25. The van der Waals surface area contributed by atoms with E-state index in [0.717, 1.165) is 32.4 Å². The highest BCUT2D eigenvalue weighted by Crippen LogP contribution is 2.29. The number of carbonyl (C=O) groups excluding carboxylic acids is 1. The first-order valence-electron chi connectivity index (χ1n) is 8.45. The van der Waals surface area contributed by atoms with E-state index >= 15 is 0 Å². The van der Waals surface area contributed by atoms with Crippen molar-refractivity contribution in [1.29, 1.82) is 0 Å². The summed E-state index contributed by atoms with van der Waals surface area (Å²) in [5, 5.41) is 6.59. The van der Waals surface area contributed by atoms with Crippen LogP contribution in [0.15, 0.2) is 18.2 Å². The lowest BCUT2D eigenvalue weighted by atomic mass is 9.90. The summed E-state index contributed by atoms with van der Waals surface area (Å²) in [5.41, 5.74) is 4.24. The smallest absolute Gasteiger partial charge is 0.217 e. The monoisotopic (exact) mass is 337 g/mol. The van der Waals surface area contributed by atoms with Crippen molar-refractivity contribution in [1.82, 2.24) is 10.2 Å². The lowest BCUT2D eigenvalue weighted by Gasteiger charge is -2.35. The minimum absolute atomic E-state index is 0. The molecule has 3 rings (SSSR count). The number of amides is 1. The van der Waals surface area contributed by atoms with Crippen molar-refractivity contribution in [2.24, 2.45) is 0 Å². The largest absolute Gasteiger partial charge is 0.384 e. The Hall–Kier alpha value is -1.26. The van der Waals surface area contributed by atoms with Crippen LogP contribution >= 0.6 is 12.4 Å². The fourth-order valence-electron chi connectivity index (χ4n) is 3.89. The van der Waals surface area contributed by atoms with Gasteiger partial charge in [0.1, 0.15) is 0 Å². The Morgan fingerprint density at radius 1 is 1.30 bits per heavy atom. The van der Waals surface area contributed by atoms with Crippen LogP contribution < -0.4 is 10.6 Å². The van der Waals surface area contributed by atoms with E-state index in [2.05, 4.69) is 40.8 Å².